The van der Waals surface area contributed by atoms with Crippen LogP contribution in [-0.2, 0) is 0 Å². The molecule has 0 saturated carbocycles. The van der Waals surface area contributed by atoms with Gasteiger partial charge in [-0.15, -0.1) is 0 Å². The summed E-state index contributed by atoms with van der Waals surface area (Å²) in [4.78, 5) is 25.7. The molecule has 6 heteroatoms. The molecule has 4 rings (SSSR count). The summed E-state index contributed by atoms with van der Waals surface area (Å²) < 4.78 is 21.5. The van der Waals surface area contributed by atoms with E-state index in [9.17, 15) is 9.59 Å². The highest BCUT2D eigenvalue weighted by Crippen LogP contribution is 2.34. The molecule has 0 N–H and O–H groups in total. The van der Waals surface area contributed by atoms with Gasteiger partial charge in [-0.25, -0.2) is 4.79 Å². The summed E-state index contributed by atoms with van der Waals surface area (Å²) in [6, 6.07) is 19.7. The van der Waals surface area contributed by atoms with Crippen molar-refractivity contribution in [2.75, 3.05) is 21.3 Å². The summed E-state index contributed by atoms with van der Waals surface area (Å²) in [5.74, 6) is 1.10. The second-order valence-corrected chi connectivity index (χ2v) is 7.18. The molecule has 6 nitrogen and oxygen atoms in total. The van der Waals surface area contributed by atoms with Gasteiger partial charge in [0, 0.05) is 11.5 Å². The Hall–Kier alpha value is -4.32. The van der Waals surface area contributed by atoms with Crippen LogP contribution in [0.5, 0.6) is 17.2 Å². The molecule has 33 heavy (non-hydrogen) atoms. The molecule has 0 radical (unpaired) electrons. The fraction of sp³-hybridized carbons (Fsp3) is 0.111. The lowest BCUT2D eigenvalue weighted by Crippen LogP contribution is -2.05. The molecule has 0 spiro atoms. The van der Waals surface area contributed by atoms with Crippen molar-refractivity contribution >= 4 is 22.8 Å². The third-order valence-corrected chi connectivity index (χ3v) is 5.26. The number of ketones is 1. The molecule has 0 bridgehead atoms. The molecule has 0 atom stereocenters. The van der Waals surface area contributed by atoms with Crippen LogP contribution in [0.25, 0.3) is 28.2 Å². The van der Waals surface area contributed by atoms with E-state index < -0.39 is 5.63 Å². The summed E-state index contributed by atoms with van der Waals surface area (Å²) in [6.45, 7) is 0. The predicted octanol–water partition coefficient (Wildman–Crippen LogP) is 5.38. The van der Waals surface area contributed by atoms with E-state index in [2.05, 4.69) is 0 Å². The maximum absolute atomic E-state index is 13.3. The van der Waals surface area contributed by atoms with Crippen molar-refractivity contribution in [1.29, 1.82) is 0 Å². The summed E-state index contributed by atoms with van der Waals surface area (Å²) in [7, 11) is 4.57. The number of fused-ring (bicyclic) bond motifs is 1. The minimum atomic E-state index is -0.549. The van der Waals surface area contributed by atoms with Crippen LogP contribution in [0.1, 0.15) is 15.9 Å². The predicted molar refractivity (Wildman–Crippen MR) is 127 cm³/mol. The highest BCUT2D eigenvalue weighted by Gasteiger charge is 2.20. The molecular formula is C27H22O6. The first-order valence-electron chi connectivity index (χ1n) is 10.2. The van der Waals surface area contributed by atoms with E-state index in [-0.39, 0.29) is 16.9 Å². The van der Waals surface area contributed by atoms with E-state index in [4.69, 9.17) is 18.6 Å². The van der Waals surface area contributed by atoms with Crippen molar-refractivity contribution in [2.24, 2.45) is 0 Å². The molecule has 4 aromatic rings. The monoisotopic (exact) mass is 442 g/mol. The summed E-state index contributed by atoms with van der Waals surface area (Å²) in [5, 5.41) is 0.643. The first kappa shape index (κ1) is 21.9. The molecule has 0 saturated heterocycles. The second-order valence-electron chi connectivity index (χ2n) is 7.18. The number of allylic oxidation sites excluding steroid dienone is 1. The van der Waals surface area contributed by atoms with Gasteiger partial charge in [0.05, 0.1) is 21.3 Å². The average molecular weight is 442 g/mol. The van der Waals surface area contributed by atoms with Crippen LogP contribution in [0, 0.1) is 0 Å². The number of ether oxygens (including phenoxy) is 3. The molecule has 0 amide bonds. The third kappa shape index (κ3) is 4.36. The molecule has 3 aromatic carbocycles. The van der Waals surface area contributed by atoms with Gasteiger partial charge in [-0.05, 0) is 47.0 Å². The van der Waals surface area contributed by atoms with Crippen molar-refractivity contribution in [3.63, 3.8) is 0 Å². The first-order valence-corrected chi connectivity index (χ1v) is 10.2. The zero-order valence-corrected chi connectivity index (χ0v) is 18.5. The Morgan fingerprint density at radius 3 is 2.21 bits per heavy atom. The summed E-state index contributed by atoms with van der Waals surface area (Å²) in [6.07, 6.45) is 3.06. The zero-order chi connectivity index (χ0) is 23.4. The van der Waals surface area contributed by atoms with E-state index in [1.165, 1.54) is 19.3 Å². The van der Waals surface area contributed by atoms with Gasteiger partial charge in [0.25, 0.3) is 0 Å². The molecule has 0 unspecified atom stereocenters. The molecule has 166 valence electrons. The Labute approximate surface area is 190 Å². The largest absolute Gasteiger partial charge is 0.496 e. The second kappa shape index (κ2) is 9.44. The summed E-state index contributed by atoms with van der Waals surface area (Å²) >= 11 is 0. The Morgan fingerprint density at radius 2 is 1.52 bits per heavy atom. The van der Waals surface area contributed by atoms with Crippen molar-refractivity contribution in [2.45, 2.75) is 0 Å². The lowest BCUT2D eigenvalue weighted by molar-refractivity contribution is 0.104. The highest BCUT2D eigenvalue weighted by atomic mass is 16.5. The van der Waals surface area contributed by atoms with E-state index in [0.29, 0.717) is 28.2 Å². The Kier molecular flexibility index (Phi) is 6.26. The highest BCUT2D eigenvalue weighted by molar-refractivity contribution is 6.16. The molecule has 0 fully saturated rings. The number of rotatable bonds is 7. The number of carbonyl (C=O) groups is 1. The molecule has 0 aliphatic rings. The number of carbonyl (C=O) groups excluding carboxylic acids is 1. The minimum Gasteiger partial charge on any atom is -0.496 e. The normalized spacial score (nSPS) is 11.0. The third-order valence-electron chi connectivity index (χ3n) is 5.26. The zero-order valence-electron chi connectivity index (χ0n) is 18.5. The molecular weight excluding hydrogens is 420 g/mol. The van der Waals surface area contributed by atoms with Crippen molar-refractivity contribution in [1.82, 2.24) is 0 Å². The molecule has 1 aromatic heterocycles. The van der Waals surface area contributed by atoms with Crippen molar-refractivity contribution in [3.05, 3.63) is 94.4 Å². The van der Waals surface area contributed by atoms with Crippen LogP contribution >= 0.6 is 0 Å². The Morgan fingerprint density at radius 1 is 0.818 bits per heavy atom. The number of benzene rings is 3. The topological polar surface area (TPSA) is 75.0 Å². The SMILES string of the molecule is COc1ccc(/C=C\C(=O)c2c(OC)ccc3c(-c4ccccc4)cc(=O)oc23)cc1OC. The van der Waals surface area contributed by atoms with Gasteiger partial charge in [-0.2, -0.15) is 0 Å². The number of hydrogen-bond acceptors (Lipinski definition) is 6. The molecule has 0 aliphatic carbocycles. The van der Waals surface area contributed by atoms with E-state index in [1.807, 2.05) is 30.3 Å². The van der Waals surface area contributed by atoms with Crippen molar-refractivity contribution < 1.29 is 23.4 Å². The lowest BCUT2D eigenvalue weighted by Gasteiger charge is -2.11. The quantitative estimate of drug-likeness (QED) is 0.217. The van der Waals surface area contributed by atoms with Gasteiger partial charge in [-0.1, -0.05) is 42.5 Å². The van der Waals surface area contributed by atoms with Gasteiger partial charge >= 0.3 is 5.63 Å². The fourth-order valence-electron chi connectivity index (χ4n) is 3.68. The van der Waals surface area contributed by atoms with E-state index in [1.54, 1.807) is 50.6 Å². The molecule has 0 aliphatic heterocycles. The van der Waals surface area contributed by atoms with Crippen LogP contribution in [0.4, 0.5) is 0 Å². The van der Waals surface area contributed by atoms with Crippen molar-refractivity contribution in [3.8, 4) is 28.4 Å². The van der Waals surface area contributed by atoms with Gasteiger partial charge in [0.1, 0.15) is 11.3 Å². The van der Waals surface area contributed by atoms with E-state index in [0.717, 1.165) is 11.1 Å². The van der Waals surface area contributed by atoms with Crippen LogP contribution in [0.15, 0.2) is 82.0 Å². The van der Waals surface area contributed by atoms with Crippen LogP contribution < -0.4 is 19.8 Å². The Balaban J connectivity index is 1.83. The number of methoxy groups -OCH3 is 3. The standard InChI is InChI=1S/C27H22O6/c1-30-22-13-10-17(15-24(22)32-3)9-12-21(28)26-23(31-2)14-11-19-20(16-25(29)33-27(19)26)18-7-5-4-6-8-18/h4-16H,1-3H3/b12-9-. The Bertz CT molecular complexity index is 1400. The fourth-order valence-corrected chi connectivity index (χ4v) is 3.68. The van der Waals surface area contributed by atoms with Crippen LogP contribution in [-0.4, -0.2) is 27.1 Å². The smallest absolute Gasteiger partial charge is 0.336 e. The average Bonchev–Trinajstić information content (AvgIpc) is 2.86. The van der Waals surface area contributed by atoms with Gasteiger partial charge < -0.3 is 18.6 Å². The van der Waals surface area contributed by atoms with Gasteiger partial charge in [0.2, 0.25) is 0 Å². The van der Waals surface area contributed by atoms with Crippen LogP contribution in [0.3, 0.4) is 0 Å². The summed E-state index contributed by atoms with van der Waals surface area (Å²) in [5.41, 5.74) is 2.09. The maximum Gasteiger partial charge on any atom is 0.336 e. The first-order chi connectivity index (χ1) is 16.0. The van der Waals surface area contributed by atoms with Gasteiger partial charge in [-0.3, -0.25) is 4.79 Å². The van der Waals surface area contributed by atoms with E-state index >= 15 is 0 Å². The van der Waals surface area contributed by atoms with Crippen LogP contribution in [0.2, 0.25) is 0 Å². The van der Waals surface area contributed by atoms with Gasteiger partial charge in [0.15, 0.2) is 22.9 Å². The maximum atomic E-state index is 13.3. The lowest BCUT2D eigenvalue weighted by atomic mass is 9.98. The number of hydrogen-bond donors (Lipinski definition) is 0. The minimum absolute atomic E-state index is 0.182. The molecule has 1 heterocycles.